The highest BCUT2D eigenvalue weighted by Gasteiger charge is 2.04. The monoisotopic (exact) mass is 248 g/mol. The van der Waals surface area contributed by atoms with Gasteiger partial charge in [-0.3, -0.25) is 9.97 Å². The van der Waals surface area contributed by atoms with E-state index in [-0.39, 0.29) is 0 Å². The molecule has 0 N–H and O–H groups in total. The zero-order valence-corrected chi connectivity index (χ0v) is 9.63. The molecule has 0 unspecified atom stereocenters. The second-order valence-electron chi connectivity index (χ2n) is 3.52. The molecular formula is C12H6Cl2N2. The summed E-state index contributed by atoms with van der Waals surface area (Å²) < 4.78 is 0. The molecule has 4 heteroatoms. The van der Waals surface area contributed by atoms with Crippen LogP contribution in [0.4, 0.5) is 0 Å². The van der Waals surface area contributed by atoms with Crippen molar-refractivity contribution >= 4 is 45.0 Å². The van der Waals surface area contributed by atoms with Crippen LogP contribution in [0, 0.1) is 0 Å². The normalized spacial score (nSPS) is 11.1. The van der Waals surface area contributed by atoms with E-state index in [9.17, 15) is 0 Å². The Morgan fingerprint density at radius 3 is 1.62 bits per heavy atom. The van der Waals surface area contributed by atoms with Crippen LogP contribution in [0.25, 0.3) is 21.8 Å². The number of hydrogen-bond acceptors (Lipinski definition) is 2. The predicted octanol–water partition coefficient (Wildman–Crippen LogP) is 4.09. The minimum atomic E-state index is 0.626. The molecule has 16 heavy (non-hydrogen) atoms. The second-order valence-corrected chi connectivity index (χ2v) is 4.39. The van der Waals surface area contributed by atoms with Gasteiger partial charge in [0.2, 0.25) is 0 Å². The molecule has 1 aromatic carbocycles. The lowest BCUT2D eigenvalue weighted by Crippen LogP contribution is -1.85. The van der Waals surface area contributed by atoms with Gasteiger partial charge in [-0.15, -0.1) is 0 Å². The lowest BCUT2D eigenvalue weighted by molar-refractivity contribution is 1.37. The van der Waals surface area contributed by atoms with Gasteiger partial charge in [0.15, 0.2) is 0 Å². The lowest BCUT2D eigenvalue weighted by Gasteiger charge is -2.02. The van der Waals surface area contributed by atoms with Crippen LogP contribution in [0.5, 0.6) is 0 Å². The summed E-state index contributed by atoms with van der Waals surface area (Å²) in [6.45, 7) is 0. The van der Waals surface area contributed by atoms with Crippen molar-refractivity contribution in [1.29, 1.82) is 0 Å². The minimum absolute atomic E-state index is 0.626. The number of aromatic nitrogens is 2. The summed E-state index contributed by atoms with van der Waals surface area (Å²) in [5, 5.41) is 3.21. The van der Waals surface area contributed by atoms with Gasteiger partial charge in [0.1, 0.15) is 0 Å². The van der Waals surface area contributed by atoms with Gasteiger partial charge in [0.05, 0.1) is 21.1 Å². The molecule has 0 fully saturated rings. The van der Waals surface area contributed by atoms with Crippen LogP contribution < -0.4 is 0 Å². The standard InChI is InChI=1S/C12H6Cl2N2/c13-9-3-7-1-2-8-4-10(14)6-16-12(8)11(7)15-5-9/h1-6H. The van der Waals surface area contributed by atoms with E-state index >= 15 is 0 Å². The molecule has 0 saturated carbocycles. The molecule has 0 amide bonds. The van der Waals surface area contributed by atoms with Gasteiger partial charge in [-0.05, 0) is 12.1 Å². The maximum Gasteiger partial charge on any atom is 0.0965 e. The Morgan fingerprint density at radius 2 is 1.19 bits per heavy atom. The molecule has 2 heterocycles. The summed E-state index contributed by atoms with van der Waals surface area (Å²) >= 11 is 11.8. The van der Waals surface area contributed by atoms with Crippen molar-refractivity contribution in [2.75, 3.05) is 0 Å². The number of halogens is 2. The molecular weight excluding hydrogens is 243 g/mol. The molecule has 2 nitrogen and oxygen atoms in total. The number of pyridine rings is 2. The first-order valence-electron chi connectivity index (χ1n) is 4.73. The topological polar surface area (TPSA) is 25.8 Å². The summed E-state index contributed by atoms with van der Waals surface area (Å²) in [7, 11) is 0. The fourth-order valence-electron chi connectivity index (χ4n) is 1.74. The van der Waals surface area contributed by atoms with E-state index in [1.807, 2.05) is 24.3 Å². The fraction of sp³-hybridized carbons (Fsp3) is 0. The molecule has 0 spiro atoms. The van der Waals surface area contributed by atoms with Crippen molar-refractivity contribution < 1.29 is 0 Å². The summed E-state index contributed by atoms with van der Waals surface area (Å²) in [6, 6.07) is 7.68. The summed E-state index contributed by atoms with van der Waals surface area (Å²) in [5.74, 6) is 0. The molecule has 0 atom stereocenters. The lowest BCUT2D eigenvalue weighted by atomic mass is 10.1. The fourth-order valence-corrected chi connectivity index (χ4v) is 2.07. The van der Waals surface area contributed by atoms with Crippen LogP contribution in [0.3, 0.4) is 0 Å². The highest BCUT2D eigenvalue weighted by molar-refractivity contribution is 6.32. The summed E-state index contributed by atoms with van der Waals surface area (Å²) in [6.07, 6.45) is 3.25. The molecule has 0 aliphatic carbocycles. The second kappa shape index (κ2) is 3.58. The average Bonchev–Trinajstić information content (AvgIpc) is 2.28. The van der Waals surface area contributed by atoms with Gasteiger partial charge in [0.25, 0.3) is 0 Å². The Labute approximate surface area is 102 Å². The number of rotatable bonds is 0. The highest BCUT2D eigenvalue weighted by Crippen LogP contribution is 2.25. The van der Waals surface area contributed by atoms with E-state index in [0.717, 1.165) is 21.8 Å². The Hall–Kier alpha value is -1.38. The van der Waals surface area contributed by atoms with Crippen molar-refractivity contribution in [3.05, 3.63) is 46.7 Å². The minimum Gasteiger partial charge on any atom is -0.252 e. The van der Waals surface area contributed by atoms with Gasteiger partial charge in [-0.25, -0.2) is 0 Å². The van der Waals surface area contributed by atoms with Crippen LogP contribution in [-0.4, -0.2) is 9.97 Å². The third kappa shape index (κ3) is 1.51. The van der Waals surface area contributed by atoms with Gasteiger partial charge in [-0.2, -0.15) is 0 Å². The first-order chi connectivity index (χ1) is 7.74. The van der Waals surface area contributed by atoms with Crippen molar-refractivity contribution in [2.24, 2.45) is 0 Å². The van der Waals surface area contributed by atoms with Crippen molar-refractivity contribution in [3.8, 4) is 0 Å². The third-order valence-corrected chi connectivity index (χ3v) is 2.85. The van der Waals surface area contributed by atoms with Crippen LogP contribution in [-0.2, 0) is 0 Å². The van der Waals surface area contributed by atoms with Gasteiger partial charge >= 0.3 is 0 Å². The van der Waals surface area contributed by atoms with Gasteiger partial charge < -0.3 is 0 Å². The SMILES string of the molecule is Clc1cnc2c(ccc3cc(Cl)cnc32)c1. The Bertz CT molecular complexity index is 634. The van der Waals surface area contributed by atoms with E-state index in [2.05, 4.69) is 9.97 Å². The molecule has 0 bridgehead atoms. The largest absolute Gasteiger partial charge is 0.252 e. The first kappa shape index (κ1) is 9.82. The van der Waals surface area contributed by atoms with Crippen LogP contribution in [0.2, 0.25) is 10.0 Å². The number of nitrogens with zero attached hydrogens (tertiary/aromatic N) is 2. The van der Waals surface area contributed by atoms with Crippen LogP contribution in [0.1, 0.15) is 0 Å². The predicted molar refractivity (Wildman–Crippen MR) is 67.1 cm³/mol. The van der Waals surface area contributed by atoms with E-state index in [1.165, 1.54) is 0 Å². The smallest absolute Gasteiger partial charge is 0.0965 e. The quantitative estimate of drug-likeness (QED) is 0.561. The van der Waals surface area contributed by atoms with Crippen LogP contribution >= 0.6 is 23.2 Å². The van der Waals surface area contributed by atoms with E-state index < -0.39 is 0 Å². The molecule has 3 aromatic rings. The van der Waals surface area contributed by atoms with Crippen LogP contribution in [0.15, 0.2) is 36.7 Å². The van der Waals surface area contributed by atoms with Crippen molar-refractivity contribution in [1.82, 2.24) is 9.97 Å². The van der Waals surface area contributed by atoms with Crippen molar-refractivity contribution in [3.63, 3.8) is 0 Å². The number of benzene rings is 1. The van der Waals surface area contributed by atoms with Gasteiger partial charge in [-0.1, -0.05) is 35.3 Å². The Balaban J connectivity index is 2.50. The molecule has 0 radical (unpaired) electrons. The molecule has 0 aliphatic heterocycles. The number of fused-ring (bicyclic) bond motifs is 3. The number of hydrogen-bond donors (Lipinski definition) is 0. The maximum atomic E-state index is 5.89. The third-order valence-electron chi connectivity index (χ3n) is 2.43. The average molecular weight is 249 g/mol. The maximum absolute atomic E-state index is 5.89. The summed E-state index contributed by atoms with van der Waals surface area (Å²) in [5.41, 5.74) is 1.69. The van der Waals surface area contributed by atoms with Crippen molar-refractivity contribution in [2.45, 2.75) is 0 Å². The van der Waals surface area contributed by atoms with Gasteiger partial charge in [0, 0.05) is 23.2 Å². The molecule has 78 valence electrons. The molecule has 3 rings (SSSR count). The zero-order valence-electron chi connectivity index (χ0n) is 8.11. The van der Waals surface area contributed by atoms with E-state index in [1.54, 1.807) is 12.4 Å². The first-order valence-corrected chi connectivity index (χ1v) is 5.49. The zero-order chi connectivity index (χ0) is 11.1. The Morgan fingerprint density at radius 1 is 0.750 bits per heavy atom. The van der Waals surface area contributed by atoms with E-state index in [4.69, 9.17) is 23.2 Å². The summed E-state index contributed by atoms with van der Waals surface area (Å²) in [4.78, 5) is 8.60. The Kier molecular flexibility index (Phi) is 2.20. The van der Waals surface area contributed by atoms with E-state index in [0.29, 0.717) is 10.0 Å². The molecule has 0 aliphatic rings. The molecule has 2 aromatic heterocycles. The molecule has 0 saturated heterocycles. The highest BCUT2D eigenvalue weighted by atomic mass is 35.5.